The molecule has 0 amide bonds. The molecule has 1 aromatic carbocycles. The van der Waals surface area contributed by atoms with Crippen LogP contribution in [0.3, 0.4) is 0 Å². The highest BCUT2D eigenvalue weighted by Gasteiger charge is 2.36. The zero-order valence-electron chi connectivity index (χ0n) is 12.2. The zero-order valence-corrected chi connectivity index (χ0v) is 13.0. The van der Waals surface area contributed by atoms with Crippen LogP contribution in [0.2, 0.25) is 0 Å². The quantitative estimate of drug-likeness (QED) is 0.816. The van der Waals surface area contributed by atoms with Crippen molar-refractivity contribution >= 4 is 15.5 Å². The summed E-state index contributed by atoms with van der Waals surface area (Å²) >= 11 is 0. The predicted molar refractivity (Wildman–Crippen MR) is 80.9 cm³/mol. The lowest BCUT2D eigenvalue weighted by molar-refractivity contribution is 0.190. The summed E-state index contributed by atoms with van der Waals surface area (Å²) in [6, 6.07) is 4.78. The standard InChI is InChI=1S/C14H21NO5S/c1-3-19-10-5-6-14(20-4-2)11(7-10)15-12-8-21(17,18)9-13(12)16/h5-7,12-13,15-16H,3-4,8-9H2,1-2H3. The fraction of sp³-hybridized carbons (Fsp3) is 0.571. The van der Waals surface area contributed by atoms with Crippen LogP contribution >= 0.6 is 0 Å². The first-order chi connectivity index (χ1) is 9.95. The summed E-state index contributed by atoms with van der Waals surface area (Å²) in [5.41, 5.74) is 0.629. The number of sulfone groups is 1. The Hall–Kier alpha value is -1.47. The number of anilines is 1. The summed E-state index contributed by atoms with van der Waals surface area (Å²) in [5, 5.41) is 12.9. The largest absolute Gasteiger partial charge is 0.494 e. The maximum absolute atomic E-state index is 11.6. The number of aliphatic hydroxyl groups excluding tert-OH is 1. The van der Waals surface area contributed by atoms with Crippen molar-refractivity contribution in [2.45, 2.75) is 26.0 Å². The van der Waals surface area contributed by atoms with Crippen LogP contribution in [0.1, 0.15) is 13.8 Å². The van der Waals surface area contributed by atoms with Crippen LogP contribution in [0.4, 0.5) is 5.69 Å². The van der Waals surface area contributed by atoms with Crippen molar-refractivity contribution in [2.75, 3.05) is 30.0 Å². The van der Waals surface area contributed by atoms with E-state index in [1.54, 1.807) is 18.2 Å². The fourth-order valence-corrected chi connectivity index (χ4v) is 4.07. The second-order valence-electron chi connectivity index (χ2n) is 4.92. The van der Waals surface area contributed by atoms with Crippen LogP contribution < -0.4 is 14.8 Å². The van der Waals surface area contributed by atoms with Gasteiger partial charge in [-0.2, -0.15) is 0 Å². The molecule has 0 spiro atoms. The van der Waals surface area contributed by atoms with E-state index >= 15 is 0 Å². The van der Waals surface area contributed by atoms with Crippen LogP contribution in [0.25, 0.3) is 0 Å². The molecule has 1 fully saturated rings. The third kappa shape index (κ3) is 4.01. The van der Waals surface area contributed by atoms with E-state index in [0.29, 0.717) is 30.4 Å². The molecule has 21 heavy (non-hydrogen) atoms. The molecule has 2 atom stereocenters. The highest BCUT2D eigenvalue weighted by molar-refractivity contribution is 7.91. The van der Waals surface area contributed by atoms with Gasteiger partial charge in [0.25, 0.3) is 0 Å². The number of rotatable bonds is 6. The second-order valence-corrected chi connectivity index (χ2v) is 7.07. The van der Waals surface area contributed by atoms with Crippen LogP contribution in [0.5, 0.6) is 11.5 Å². The van der Waals surface area contributed by atoms with Gasteiger partial charge < -0.3 is 19.9 Å². The Morgan fingerprint density at radius 2 is 1.95 bits per heavy atom. The van der Waals surface area contributed by atoms with Gasteiger partial charge in [0.05, 0.1) is 42.6 Å². The smallest absolute Gasteiger partial charge is 0.155 e. The monoisotopic (exact) mass is 315 g/mol. The van der Waals surface area contributed by atoms with Gasteiger partial charge in [-0.1, -0.05) is 0 Å². The van der Waals surface area contributed by atoms with Gasteiger partial charge in [0.1, 0.15) is 11.5 Å². The van der Waals surface area contributed by atoms with E-state index in [1.165, 1.54) is 0 Å². The molecule has 0 bridgehead atoms. The van der Waals surface area contributed by atoms with Gasteiger partial charge in [-0.15, -0.1) is 0 Å². The Bertz CT molecular complexity index is 587. The fourth-order valence-electron chi connectivity index (χ4n) is 2.33. The molecule has 1 aliphatic rings. The number of benzene rings is 1. The molecule has 1 aromatic rings. The number of nitrogens with one attached hydrogen (secondary N) is 1. The molecule has 1 saturated heterocycles. The van der Waals surface area contributed by atoms with Crippen molar-refractivity contribution in [3.63, 3.8) is 0 Å². The molecule has 2 rings (SSSR count). The lowest BCUT2D eigenvalue weighted by Gasteiger charge is -2.19. The summed E-state index contributed by atoms with van der Waals surface area (Å²) in [4.78, 5) is 0. The molecule has 0 radical (unpaired) electrons. The number of hydrogen-bond donors (Lipinski definition) is 2. The summed E-state index contributed by atoms with van der Waals surface area (Å²) in [6.45, 7) is 4.79. The lowest BCUT2D eigenvalue weighted by atomic mass is 10.2. The highest BCUT2D eigenvalue weighted by atomic mass is 32.2. The van der Waals surface area contributed by atoms with Crippen LogP contribution in [-0.4, -0.2) is 50.4 Å². The average molecular weight is 315 g/mol. The summed E-state index contributed by atoms with van der Waals surface area (Å²) < 4.78 is 34.1. The lowest BCUT2D eigenvalue weighted by Crippen LogP contribution is -2.32. The average Bonchev–Trinajstić information content (AvgIpc) is 2.66. The van der Waals surface area contributed by atoms with E-state index in [0.717, 1.165) is 0 Å². The van der Waals surface area contributed by atoms with E-state index in [2.05, 4.69) is 5.32 Å². The Balaban J connectivity index is 2.22. The first-order valence-corrected chi connectivity index (χ1v) is 8.82. The van der Waals surface area contributed by atoms with Gasteiger partial charge in [-0.3, -0.25) is 0 Å². The SMILES string of the molecule is CCOc1ccc(OCC)c(NC2CS(=O)(=O)CC2O)c1. The minimum atomic E-state index is -3.19. The molecule has 6 nitrogen and oxygen atoms in total. The second kappa shape index (κ2) is 6.53. The van der Waals surface area contributed by atoms with Crippen LogP contribution in [0.15, 0.2) is 18.2 Å². The van der Waals surface area contributed by atoms with Gasteiger partial charge in [-0.25, -0.2) is 8.42 Å². The van der Waals surface area contributed by atoms with Gasteiger partial charge in [-0.05, 0) is 26.0 Å². The van der Waals surface area contributed by atoms with Gasteiger partial charge >= 0.3 is 0 Å². The van der Waals surface area contributed by atoms with E-state index in [-0.39, 0.29) is 11.5 Å². The van der Waals surface area contributed by atoms with Crippen molar-refractivity contribution in [1.82, 2.24) is 0 Å². The molecular weight excluding hydrogens is 294 g/mol. The predicted octanol–water partition coefficient (Wildman–Crippen LogP) is 1.05. The van der Waals surface area contributed by atoms with E-state index in [4.69, 9.17) is 9.47 Å². The molecule has 2 unspecified atom stereocenters. The van der Waals surface area contributed by atoms with Crippen molar-refractivity contribution in [3.05, 3.63) is 18.2 Å². The third-order valence-electron chi connectivity index (χ3n) is 3.23. The van der Waals surface area contributed by atoms with Crippen molar-refractivity contribution in [2.24, 2.45) is 0 Å². The topological polar surface area (TPSA) is 84.9 Å². The number of hydrogen-bond acceptors (Lipinski definition) is 6. The molecule has 1 heterocycles. The van der Waals surface area contributed by atoms with E-state index in [9.17, 15) is 13.5 Å². The maximum atomic E-state index is 11.6. The Morgan fingerprint density at radius 3 is 2.52 bits per heavy atom. The number of aliphatic hydroxyl groups is 1. The van der Waals surface area contributed by atoms with Crippen LogP contribution in [-0.2, 0) is 9.84 Å². The van der Waals surface area contributed by atoms with E-state index in [1.807, 2.05) is 13.8 Å². The van der Waals surface area contributed by atoms with Gasteiger partial charge in [0.15, 0.2) is 9.84 Å². The normalized spacial score (nSPS) is 23.8. The molecule has 1 aliphatic heterocycles. The van der Waals surface area contributed by atoms with E-state index < -0.39 is 22.0 Å². The molecule has 2 N–H and O–H groups in total. The third-order valence-corrected chi connectivity index (χ3v) is 4.94. The molecule has 0 aliphatic carbocycles. The first kappa shape index (κ1) is 15.9. The molecule has 118 valence electrons. The molecule has 0 aromatic heterocycles. The van der Waals surface area contributed by atoms with Gasteiger partial charge in [0, 0.05) is 6.07 Å². The summed E-state index contributed by atoms with van der Waals surface area (Å²) in [7, 11) is -3.19. The zero-order chi connectivity index (χ0) is 15.5. The highest BCUT2D eigenvalue weighted by Crippen LogP contribution is 2.31. The Labute approximate surface area is 125 Å². The Kier molecular flexibility index (Phi) is 4.95. The minimum absolute atomic E-state index is 0.0847. The minimum Gasteiger partial charge on any atom is -0.494 e. The Morgan fingerprint density at radius 1 is 1.24 bits per heavy atom. The van der Waals surface area contributed by atoms with Gasteiger partial charge in [0.2, 0.25) is 0 Å². The number of ether oxygens (including phenoxy) is 2. The molecule has 7 heteroatoms. The first-order valence-electron chi connectivity index (χ1n) is 7.00. The maximum Gasteiger partial charge on any atom is 0.155 e. The van der Waals surface area contributed by atoms with Crippen LogP contribution in [0, 0.1) is 0 Å². The summed E-state index contributed by atoms with van der Waals surface area (Å²) in [5.74, 6) is 0.981. The van der Waals surface area contributed by atoms with Crippen molar-refractivity contribution < 1.29 is 23.0 Å². The molecular formula is C14H21NO5S. The van der Waals surface area contributed by atoms with Crippen molar-refractivity contribution in [3.8, 4) is 11.5 Å². The summed E-state index contributed by atoms with van der Waals surface area (Å²) in [6.07, 6.45) is -0.916. The van der Waals surface area contributed by atoms with Crippen molar-refractivity contribution in [1.29, 1.82) is 0 Å². The molecule has 0 saturated carbocycles.